The highest BCUT2D eigenvalue weighted by molar-refractivity contribution is 7.89. The molecule has 1 saturated heterocycles. The Morgan fingerprint density at radius 1 is 1.08 bits per heavy atom. The molecule has 0 unspecified atom stereocenters. The Labute approximate surface area is 155 Å². The zero-order chi connectivity index (χ0) is 18.9. The lowest BCUT2D eigenvalue weighted by molar-refractivity contribution is 0.0985. The number of anilines is 1. The molecule has 0 bridgehead atoms. The number of rotatable bonds is 4. The van der Waals surface area contributed by atoms with E-state index >= 15 is 0 Å². The molecule has 140 valence electrons. The van der Waals surface area contributed by atoms with E-state index in [1.807, 2.05) is 31.2 Å². The van der Waals surface area contributed by atoms with E-state index in [1.54, 1.807) is 18.7 Å². The Kier molecular flexibility index (Phi) is 5.20. The Morgan fingerprint density at radius 3 is 2.31 bits per heavy atom. The van der Waals surface area contributed by atoms with Crippen molar-refractivity contribution in [3.63, 3.8) is 0 Å². The third-order valence-corrected chi connectivity index (χ3v) is 6.74. The number of aromatic nitrogens is 1. The molecular formula is C19H25N3O3S. The molecule has 0 spiro atoms. The van der Waals surface area contributed by atoms with Crippen LogP contribution in [0.4, 0.5) is 5.69 Å². The fourth-order valence-corrected chi connectivity index (χ4v) is 4.79. The number of hydrogen-bond acceptors (Lipinski definition) is 3. The van der Waals surface area contributed by atoms with Crippen molar-refractivity contribution in [2.75, 3.05) is 25.0 Å². The largest absolute Gasteiger partial charge is 0.345 e. The van der Waals surface area contributed by atoms with Crippen molar-refractivity contribution < 1.29 is 13.2 Å². The van der Waals surface area contributed by atoms with E-state index in [0.29, 0.717) is 18.8 Å². The molecule has 2 aromatic rings. The number of amides is 1. The van der Waals surface area contributed by atoms with Crippen molar-refractivity contribution in [2.45, 2.75) is 31.1 Å². The smallest absolute Gasteiger partial charge is 0.274 e. The van der Waals surface area contributed by atoms with Gasteiger partial charge in [-0.15, -0.1) is 0 Å². The number of benzene rings is 1. The van der Waals surface area contributed by atoms with Crippen molar-refractivity contribution in [1.82, 2.24) is 8.87 Å². The average molecular weight is 375 g/mol. The molecule has 26 heavy (non-hydrogen) atoms. The summed E-state index contributed by atoms with van der Waals surface area (Å²) < 4.78 is 28.8. The van der Waals surface area contributed by atoms with E-state index in [4.69, 9.17) is 0 Å². The zero-order valence-corrected chi connectivity index (χ0v) is 16.3. The van der Waals surface area contributed by atoms with Crippen molar-refractivity contribution in [1.29, 1.82) is 0 Å². The standard InChI is InChI=1S/C19H25N3O3S/c1-15-7-9-16(10-8-15)21(3)19(23)18-13-17(14-20(18)2)26(24,25)22-11-5-4-6-12-22/h7-10,13-14H,4-6,11-12H2,1-3H3. The summed E-state index contributed by atoms with van der Waals surface area (Å²) in [4.78, 5) is 14.6. The normalized spacial score (nSPS) is 15.8. The van der Waals surface area contributed by atoms with Crippen molar-refractivity contribution >= 4 is 21.6 Å². The van der Waals surface area contributed by atoms with Gasteiger partial charge in [-0.25, -0.2) is 8.42 Å². The first kappa shape index (κ1) is 18.7. The topological polar surface area (TPSA) is 62.6 Å². The Hall–Kier alpha value is -2.12. The predicted molar refractivity (Wildman–Crippen MR) is 102 cm³/mol. The summed E-state index contributed by atoms with van der Waals surface area (Å²) in [6.07, 6.45) is 4.36. The molecule has 3 rings (SSSR count). The van der Waals surface area contributed by atoms with E-state index < -0.39 is 10.0 Å². The molecule has 0 aliphatic carbocycles. The van der Waals surface area contributed by atoms with Gasteiger partial charge in [-0.05, 0) is 38.0 Å². The molecule has 1 fully saturated rings. The van der Waals surface area contributed by atoms with E-state index in [1.165, 1.54) is 21.5 Å². The van der Waals surface area contributed by atoms with Gasteiger partial charge in [0.05, 0.1) is 0 Å². The van der Waals surface area contributed by atoms with Crippen LogP contribution in [0.5, 0.6) is 0 Å². The highest BCUT2D eigenvalue weighted by Crippen LogP contribution is 2.24. The summed E-state index contributed by atoms with van der Waals surface area (Å²) in [7, 11) is -0.158. The first-order valence-electron chi connectivity index (χ1n) is 8.82. The van der Waals surface area contributed by atoms with Gasteiger partial charge < -0.3 is 9.47 Å². The molecule has 7 heteroatoms. The third-order valence-electron chi connectivity index (χ3n) is 4.88. The molecule has 1 aliphatic heterocycles. The monoisotopic (exact) mass is 375 g/mol. The second-order valence-electron chi connectivity index (χ2n) is 6.84. The van der Waals surface area contributed by atoms with Crippen LogP contribution >= 0.6 is 0 Å². The Balaban J connectivity index is 1.87. The van der Waals surface area contributed by atoms with E-state index in [-0.39, 0.29) is 10.8 Å². The molecule has 1 aromatic heterocycles. The fraction of sp³-hybridized carbons (Fsp3) is 0.421. The highest BCUT2D eigenvalue weighted by atomic mass is 32.2. The second kappa shape index (κ2) is 7.25. The number of hydrogen-bond donors (Lipinski definition) is 0. The van der Waals surface area contributed by atoms with Gasteiger partial charge in [0.1, 0.15) is 10.6 Å². The second-order valence-corrected chi connectivity index (χ2v) is 8.77. The fourth-order valence-electron chi connectivity index (χ4n) is 3.20. The maximum absolute atomic E-state index is 12.9. The van der Waals surface area contributed by atoms with Crippen LogP contribution in [-0.2, 0) is 17.1 Å². The van der Waals surface area contributed by atoms with Gasteiger partial charge in [-0.2, -0.15) is 4.31 Å². The maximum Gasteiger partial charge on any atom is 0.274 e. The third kappa shape index (κ3) is 3.54. The molecule has 0 saturated carbocycles. The Bertz CT molecular complexity index is 895. The van der Waals surface area contributed by atoms with Crippen molar-refractivity contribution in [3.8, 4) is 0 Å². The first-order chi connectivity index (χ1) is 12.3. The maximum atomic E-state index is 12.9. The van der Waals surface area contributed by atoms with Gasteiger partial charge in [-0.1, -0.05) is 24.1 Å². The van der Waals surface area contributed by atoms with Crippen LogP contribution in [0.1, 0.15) is 35.3 Å². The van der Waals surface area contributed by atoms with Crippen molar-refractivity contribution in [2.24, 2.45) is 7.05 Å². The number of piperidine rings is 1. The summed E-state index contributed by atoms with van der Waals surface area (Å²) >= 11 is 0. The van der Waals surface area contributed by atoms with E-state index in [9.17, 15) is 13.2 Å². The van der Waals surface area contributed by atoms with Crippen LogP contribution in [0, 0.1) is 6.92 Å². The molecule has 2 heterocycles. The molecule has 0 atom stereocenters. The molecule has 6 nitrogen and oxygen atoms in total. The number of nitrogens with zero attached hydrogens (tertiary/aromatic N) is 3. The highest BCUT2D eigenvalue weighted by Gasteiger charge is 2.29. The van der Waals surface area contributed by atoms with Crippen LogP contribution in [0.25, 0.3) is 0 Å². The predicted octanol–water partition coefficient (Wildman–Crippen LogP) is 2.78. The Morgan fingerprint density at radius 2 is 1.69 bits per heavy atom. The molecular weight excluding hydrogens is 350 g/mol. The summed E-state index contributed by atoms with van der Waals surface area (Å²) in [5.41, 5.74) is 2.23. The van der Waals surface area contributed by atoms with E-state index in [0.717, 1.165) is 30.5 Å². The van der Waals surface area contributed by atoms with Crippen LogP contribution in [0.15, 0.2) is 41.4 Å². The summed E-state index contributed by atoms with van der Waals surface area (Å²) in [5, 5.41) is 0. The molecule has 0 N–H and O–H groups in total. The minimum atomic E-state index is -3.55. The lowest BCUT2D eigenvalue weighted by Crippen LogP contribution is -2.35. The van der Waals surface area contributed by atoms with Gasteiger partial charge in [0.2, 0.25) is 10.0 Å². The molecule has 1 aliphatic rings. The first-order valence-corrected chi connectivity index (χ1v) is 10.3. The van der Waals surface area contributed by atoms with Gasteiger partial charge in [0.25, 0.3) is 5.91 Å². The van der Waals surface area contributed by atoms with Gasteiger partial charge in [-0.3, -0.25) is 4.79 Å². The minimum absolute atomic E-state index is 0.183. The number of carbonyl (C=O) groups is 1. The average Bonchev–Trinajstić information content (AvgIpc) is 3.04. The summed E-state index contributed by atoms with van der Waals surface area (Å²) in [6.45, 7) is 3.08. The summed E-state index contributed by atoms with van der Waals surface area (Å²) in [6, 6.07) is 9.12. The van der Waals surface area contributed by atoms with Gasteiger partial charge >= 0.3 is 0 Å². The quantitative estimate of drug-likeness (QED) is 0.825. The van der Waals surface area contributed by atoms with Crippen LogP contribution in [0.2, 0.25) is 0 Å². The zero-order valence-electron chi connectivity index (χ0n) is 15.5. The number of carbonyl (C=O) groups excluding carboxylic acids is 1. The number of aryl methyl sites for hydroxylation is 2. The number of sulfonamides is 1. The van der Waals surface area contributed by atoms with Crippen LogP contribution in [-0.4, -0.2) is 43.3 Å². The minimum Gasteiger partial charge on any atom is -0.345 e. The SMILES string of the molecule is Cc1ccc(N(C)C(=O)c2cc(S(=O)(=O)N3CCCCC3)cn2C)cc1. The molecule has 1 amide bonds. The van der Waals surface area contributed by atoms with Crippen LogP contribution in [0.3, 0.4) is 0 Å². The lowest BCUT2D eigenvalue weighted by atomic mass is 10.2. The van der Waals surface area contributed by atoms with E-state index in [2.05, 4.69) is 0 Å². The van der Waals surface area contributed by atoms with Crippen LogP contribution < -0.4 is 4.90 Å². The summed E-state index contributed by atoms with van der Waals surface area (Å²) in [5.74, 6) is -0.239. The molecule has 1 aromatic carbocycles. The van der Waals surface area contributed by atoms with Crippen molar-refractivity contribution in [3.05, 3.63) is 47.8 Å². The van der Waals surface area contributed by atoms with Gasteiger partial charge in [0.15, 0.2) is 0 Å². The van der Waals surface area contributed by atoms with Gasteiger partial charge in [0, 0.05) is 39.1 Å². The lowest BCUT2D eigenvalue weighted by Gasteiger charge is -2.25. The molecule has 0 radical (unpaired) electrons.